The first kappa shape index (κ1) is 25.1. The number of ether oxygens (including phenoxy) is 1. The Morgan fingerprint density at radius 2 is 1.74 bits per heavy atom. The van der Waals surface area contributed by atoms with Crippen LogP contribution in [0, 0.1) is 46.3 Å². The van der Waals surface area contributed by atoms with Gasteiger partial charge in [0.1, 0.15) is 0 Å². The van der Waals surface area contributed by atoms with E-state index in [9.17, 15) is 9.90 Å². The summed E-state index contributed by atoms with van der Waals surface area (Å²) in [4.78, 5) is 9.82. The molecule has 3 heteroatoms. The second kappa shape index (κ2) is 10.6. The van der Waals surface area contributed by atoms with Crippen LogP contribution >= 0.6 is 0 Å². The highest BCUT2D eigenvalue weighted by Gasteiger charge is 2.59. The van der Waals surface area contributed by atoms with Crippen LogP contribution in [0.3, 0.4) is 0 Å². The minimum Gasteiger partial charge on any atom is -0.466 e. The summed E-state index contributed by atoms with van der Waals surface area (Å²) in [5, 5.41) is 9.25. The Hall–Kier alpha value is -0.570. The topological polar surface area (TPSA) is 46.5 Å². The number of hydrogen-bond donors (Lipinski definition) is 1. The van der Waals surface area contributed by atoms with Crippen LogP contribution in [0.2, 0.25) is 0 Å². The van der Waals surface area contributed by atoms with Crippen LogP contribution in [0.1, 0.15) is 112 Å². The number of aliphatic hydroxyl groups excluding tert-OH is 1. The Labute approximate surface area is 192 Å². The Bertz CT molecular complexity index is 589. The molecule has 0 radical (unpaired) electrons. The minimum absolute atomic E-state index is 0.211. The molecule has 0 heterocycles. The average Bonchev–Trinajstić information content (AvgIpc) is 3.09. The molecule has 31 heavy (non-hydrogen) atoms. The van der Waals surface area contributed by atoms with Crippen molar-refractivity contribution < 1.29 is 14.6 Å². The van der Waals surface area contributed by atoms with Crippen molar-refractivity contribution in [3.05, 3.63) is 0 Å². The predicted molar refractivity (Wildman–Crippen MR) is 128 cm³/mol. The van der Waals surface area contributed by atoms with Gasteiger partial charge >= 0.3 is 5.97 Å². The van der Waals surface area contributed by atoms with E-state index in [0.717, 1.165) is 41.9 Å². The van der Waals surface area contributed by atoms with E-state index in [0.29, 0.717) is 24.0 Å². The summed E-state index contributed by atoms with van der Waals surface area (Å²) < 4.78 is 4.40. The van der Waals surface area contributed by atoms with Crippen LogP contribution in [-0.4, -0.2) is 24.3 Å². The number of carbonyl (C=O) groups is 1. The summed E-state index contributed by atoms with van der Waals surface area (Å²) in [5.74, 6) is 5.64. The first-order chi connectivity index (χ1) is 14.8. The number of rotatable bonds is 5. The lowest BCUT2D eigenvalue weighted by molar-refractivity contribution is -0.140. The standard InChI is InChI=1S/C24H42O.C4H8O2/c1-17(7-6-16-25)20-11-12-21-19-10-9-18-8-4-5-14-23(18,2)22(19)13-15-24(20,21)3;1-3-6-4(2)5/h17-22,25H,4-16H2,1-3H3;3H2,1-2H3. The second-order valence-electron chi connectivity index (χ2n) is 11.9. The van der Waals surface area contributed by atoms with E-state index in [1.807, 2.05) is 0 Å². The van der Waals surface area contributed by atoms with Gasteiger partial charge in [0.25, 0.3) is 0 Å². The van der Waals surface area contributed by atoms with Crippen LogP contribution in [0.15, 0.2) is 0 Å². The van der Waals surface area contributed by atoms with E-state index in [2.05, 4.69) is 25.5 Å². The minimum atomic E-state index is -0.211. The normalized spacial score (nSPS) is 42.3. The maximum absolute atomic E-state index is 9.82. The lowest BCUT2D eigenvalue weighted by Gasteiger charge is -2.61. The van der Waals surface area contributed by atoms with Gasteiger partial charge in [-0.1, -0.05) is 33.6 Å². The molecule has 4 aliphatic carbocycles. The summed E-state index contributed by atoms with van der Waals surface area (Å²) in [5.41, 5.74) is 1.29. The lowest BCUT2D eigenvalue weighted by Crippen LogP contribution is -2.53. The molecule has 8 unspecified atom stereocenters. The molecule has 180 valence electrons. The van der Waals surface area contributed by atoms with E-state index in [1.165, 1.54) is 71.1 Å². The summed E-state index contributed by atoms with van der Waals surface area (Å²) in [6, 6.07) is 0. The van der Waals surface area contributed by atoms with E-state index in [1.54, 1.807) is 13.3 Å². The molecule has 0 aliphatic heterocycles. The molecule has 1 N–H and O–H groups in total. The quantitative estimate of drug-likeness (QED) is 0.473. The summed E-state index contributed by atoms with van der Waals surface area (Å²) in [7, 11) is 0. The van der Waals surface area contributed by atoms with Gasteiger partial charge in [-0.15, -0.1) is 0 Å². The van der Waals surface area contributed by atoms with Crippen molar-refractivity contribution >= 4 is 5.97 Å². The van der Waals surface area contributed by atoms with Gasteiger partial charge in [0.05, 0.1) is 6.61 Å². The molecule has 4 saturated carbocycles. The van der Waals surface area contributed by atoms with Gasteiger partial charge in [0.15, 0.2) is 0 Å². The first-order valence-corrected chi connectivity index (χ1v) is 13.5. The maximum atomic E-state index is 9.82. The zero-order valence-corrected chi connectivity index (χ0v) is 21.1. The highest BCUT2D eigenvalue weighted by molar-refractivity contribution is 5.65. The Morgan fingerprint density at radius 1 is 1.00 bits per heavy atom. The Morgan fingerprint density at radius 3 is 2.39 bits per heavy atom. The highest BCUT2D eigenvalue weighted by atomic mass is 16.5. The Kier molecular flexibility index (Phi) is 8.55. The largest absolute Gasteiger partial charge is 0.466 e. The summed E-state index contributed by atoms with van der Waals surface area (Å²) in [6.07, 6.45) is 17.4. The van der Waals surface area contributed by atoms with E-state index < -0.39 is 0 Å². The molecule has 0 aromatic rings. The zero-order chi connectivity index (χ0) is 22.6. The number of hydrogen-bond acceptors (Lipinski definition) is 3. The molecule has 4 aliphatic rings. The van der Waals surface area contributed by atoms with Gasteiger partial charge in [-0.2, -0.15) is 0 Å². The maximum Gasteiger partial charge on any atom is 0.302 e. The van der Waals surface area contributed by atoms with Crippen molar-refractivity contribution in [2.75, 3.05) is 13.2 Å². The third kappa shape index (κ3) is 5.02. The van der Waals surface area contributed by atoms with E-state index >= 15 is 0 Å². The predicted octanol–water partition coefficient (Wildman–Crippen LogP) is 7.01. The smallest absolute Gasteiger partial charge is 0.302 e. The molecule has 3 nitrogen and oxygen atoms in total. The van der Waals surface area contributed by atoms with E-state index in [4.69, 9.17) is 0 Å². The Balaban J connectivity index is 0.000000401. The van der Waals surface area contributed by atoms with Crippen molar-refractivity contribution in [1.82, 2.24) is 0 Å². The van der Waals surface area contributed by atoms with Gasteiger partial charge in [-0.3, -0.25) is 4.79 Å². The second-order valence-corrected chi connectivity index (χ2v) is 11.9. The van der Waals surface area contributed by atoms with Crippen molar-refractivity contribution in [3.63, 3.8) is 0 Å². The molecule has 0 saturated heterocycles. The molecular weight excluding hydrogens is 384 g/mol. The van der Waals surface area contributed by atoms with Crippen molar-refractivity contribution in [2.24, 2.45) is 46.3 Å². The van der Waals surface area contributed by atoms with Crippen LogP contribution in [-0.2, 0) is 9.53 Å². The molecule has 0 amide bonds. The zero-order valence-electron chi connectivity index (χ0n) is 21.1. The van der Waals surface area contributed by atoms with Gasteiger partial charge in [-0.25, -0.2) is 0 Å². The third-order valence-corrected chi connectivity index (χ3v) is 10.5. The molecule has 4 rings (SSSR count). The lowest BCUT2D eigenvalue weighted by atomic mass is 9.44. The van der Waals surface area contributed by atoms with Gasteiger partial charge in [0, 0.05) is 13.5 Å². The first-order valence-electron chi connectivity index (χ1n) is 13.5. The molecular formula is C28H50O3. The number of carbonyl (C=O) groups excluding carboxylic acids is 1. The number of aliphatic hydroxyl groups is 1. The molecule has 0 aromatic heterocycles. The number of fused-ring (bicyclic) bond motifs is 5. The van der Waals surface area contributed by atoms with Gasteiger partial charge < -0.3 is 9.84 Å². The van der Waals surface area contributed by atoms with Gasteiger partial charge in [-0.05, 0) is 117 Å². The van der Waals surface area contributed by atoms with Gasteiger partial charge in [0.2, 0.25) is 0 Å². The summed E-state index contributed by atoms with van der Waals surface area (Å²) >= 11 is 0. The fraction of sp³-hybridized carbons (Fsp3) is 0.964. The van der Waals surface area contributed by atoms with E-state index in [-0.39, 0.29) is 5.97 Å². The number of esters is 1. The molecule has 0 aromatic carbocycles. The van der Waals surface area contributed by atoms with Crippen LogP contribution in [0.4, 0.5) is 0 Å². The average molecular weight is 435 g/mol. The molecule has 4 fully saturated rings. The molecule has 8 atom stereocenters. The van der Waals surface area contributed by atoms with Crippen molar-refractivity contribution in [1.29, 1.82) is 0 Å². The SMILES string of the molecule is CC(CCCO)C1CCC2C3CCC4CCCCC4(C)C3CCC12C.CCOC(C)=O. The third-order valence-electron chi connectivity index (χ3n) is 10.5. The fourth-order valence-electron chi connectivity index (χ4n) is 9.09. The van der Waals surface area contributed by atoms with Crippen molar-refractivity contribution in [3.8, 4) is 0 Å². The van der Waals surface area contributed by atoms with Crippen molar-refractivity contribution in [2.45, 2.75) is 112 Å². The van der Waals surface area contributed by atoms with Crippen LogP contribution in [0.25, 0.3) is 0 Å². The summed E-state index contributed by atoms with van der Waals surface area (Å²) in [6.45, 7) is 11.9. The van der Waals surface area contributed by atoms with Crippen LogP contribution in [0.5, 0.6) is 0 Å². The van der Waals surface area contributed by atoms with Crippen LogP contribution < -0.4 is 0 Å². The fourth-order valence-corrected chi connectivity index (χ4v) is 9.09. The monoisotopic (exact) mass is 434 g/mol. The molecule has 0 spiro atoms. The highest BCUT2D eigenvalue weighted by Crippen LogP contribution is 2.68. The molecule has 0 bridgehead atoms.